The second-order valence-corrected chi connectivity index (χ2v) is 10.3. The van der Waals surface area contributed by atoms with Gasteiger partial charge >= 0.3 is 0 Å². The largest absolute Gasteiger partial charge is 0.379 e. The zero-order valence-electron chi connectivity index (χ0n) is 16.9. The van der Waals surface area contributed by atoms with Crippen LogP contribution in [0.15, 0.2) is 9.95 Å². The molecule has 1 unspecified atom stereocenters. The number of fused-ring (bicyclic) bond motifs is 3. The minimum absolute atomic E-state index is 0.139. The fourth-order valence-corrected chi connectivity index (χ4v) is 6.88. The average Bonchev–Trinajstić information content (AvgIpc) is 3.39. The lowest BCUT2D eigenvalue weighted by Gasteiger charge is -2.26. The molecule has 1 atom stereocenters. The summed E-state index contributed by atoms with van der Waals surface area (Å²) in [6, 6.07) is 0. The smallest absolute Gasteiger partial charge is 0.263 e. The SMILES string of the molecule is O=c1c2c3c(sc2nc(SCCN2CCOCC2)n1CC1CCCO1)CCCC3. The van der Waals surface area contributed by atoms with Gasteiger partial charge in [-0.1, -0.05) is 11.8 Å². The highest BCUT2D eigenvalue weighted by Gasteiger charge is 2.25. The highest BCUT2D eigenvalue weighted by molar-refractivity contribution is 7.99. The Bertz CT molecular complexity index is 914. The summed E-state index contributed by atoms with van der Waals surface area (Å²) < 4.78 is 13.2. The highest BCUT2D eigenvalue weighted by atomic mass is 32.2. The highest BCUT2D eigenvalue weighted by Crippen LogP contribution is 2.35. The van der Waals surface area contributed by atoms with Crippen LogP contribution in [0, 0.1) is 0 Å². The number of thioether (sulfide) groups is 1. The molecule has 0 amide bonds. The first-order valence-electron chi connectivity index (χ1n) is 10.9. The summed E-state index contributed by atoms with van der Waals surface area (Å²) in [4.78, 5) is 23.3. The van der Waals surface area contributed by atoms with Crippen LogP contribution in [0.4, 0.5) is 0 Å². The third-order valence-corrected chi connectivity index (χ3v) is 8.33. The summed E-state index contributed by atoms with van der Waals surface area (Å²) in [6.45, 7) is 6.07. The second kappa shape index (κ2) is 9.06. The van der Waals surface area contributed by atoms with Gasteiger partial charge in [0, 0.05) is 36.9 Å². The van der Waals surface area contributed by atoms with Crippen molar-refractivity contribution in [3.8, 4) is 0 Å². The minimum Gasteiger partial charge on any atom is -0.379 e. The van der Waals surface area contributed by atoms with E-state index in [0.29, 0.717) is 6.54 Å². The van der Waals surface area contributed by atoms with E-state index >= 15 is 0 Å². The molecule has 0 saturated carbocycles. The third kappa shape index (κ3) is 4.28. The molecular formula is C21H29N3O3S2. The fraction of sp³-hybridized carbons (Fsp3) is 0.714. The maximum Gasteiger partial charge on any atom is 0.263 e. The first kappa shape index (κ1) is 20.0. The third-order valence-electron chi connectivity index (χ3n) is 6.19. The number of aryl methyl sites for hydroxylation is 2. The van der Waals surface area contributed by atoms with Crippen LogP contribution in [-0.4, -0.2) is 65.8 Å². The van der Waals surface area contributed by atoms with Crippen molar-refractivity contribution in [3.05, 3.63) is 20.8 Å². The van der Waals surface area contributed by atoms with Gasteiger partial charge in [0.05, 0.1) is 31.2 Å². The van der Waals surface area contributed by atoms with Crippen molar-refractivity contribution in [2.24, 2.45) is 0 Å². The normalized spacial score (nSPS) is 23.0. The molecule has 2 aromatic heterocycles. The summed E-state index contributed by atoms with van der Waals surface area (Å²) in [5, 5.41) is 1.75. The van der Waals surface area contributed by atoms with Gasteiger partial charge in [0.15, 0.2) is 5.16 Å². The van der Waals surface area contributed by atoms with Gasteiger partial charge in [-0.3, -0.25) is 14.3 Å². The Morgan fingerprint density at radius 2 is 2.00 bits per heavy atom. The van der Waals surface area contributed by atoms with Crippen molar-refractivity contribution >= 4 is 33.3 Å². The van der Waals surface area contributed by atoms with E-state index in [0.717, 1.165) is 86.3 Å². The summed E-state index contributed by atoms with van der Waals surface area (Å²) in [5.41, 5.74) is 1.43. The van der Waals surface area contributed by atoms with Crippen molar-refractivity contribution in [2.45, 2.75) is 56.3 Å². The Labute approximate surface area is 179 Å². The molecule has 5 rings (SSSR count). The fourth-order valence-electron chi connectivity index (χ4n) is 4.57. The Morgan fingerprint density at radius 1 is 1.14 bits per heavy atom. The molecule has 29 heavy (non-hydrogen) atoms. The molecule has 2 fully saturated rings. The molecule has 6 nitrogen and oxygen atoms in total. The van der Waals surface area contributed by atoms with Gasteiger partial charge in [0.2, 0.25) is 0 Å². The lowest BCUT2D eigenvalue weighted by molar-refractivity contribution is 0.0410. The number of thiophene rings is 1. The van der Waals surface area contributed by atoms with Crippen LogP contribution in [0.25, 0.3) is 10.2 Å². The second-order valence-electron chi connectivity index (χ2n) is 8.14. The zero-order chi connectivity index (χ0) is 19.6. The van der Waals surface area contributed by atoms with Crippen LogP contribution < -0.4 is 5.56 Å². The van der Waals surface area contributed by atoms with Crippen LogP contribution in [0.2, 0.25) is 0 Å². The quantitative estimate of drug-likeness (QED) is 0.514. The maximum absolute atomic E-state index is 13.6. The molecule has 2 aromatic rings. The summed E-state index contributed by atoms with van der Waals surface area (Å²) >= 11 is 3.46. The zero-order valence-corrected chi connectivity index (χ0v) is 18.5. The molecule has 4 heterocycles. The Morgan fingerprint density at radius 3 is 2.83 bits per heavy atom. The Hall–Kier alpha value is -0.930. The molecule has 8 heteroatoms. The van der Waals surface area contributed by atoms with Gasteiger partial charge in [-0.15, -0.1) is 11.3 Å². The standard InChI is InChI=1S/C21H29N3O3S2/c25-20-18-16-5-1-2-6-17(16)29-19(18)22-21(24(20)14-15-4-3-10-27-15)28-13-9-23-7-11-26-12-8-23/h15H,1-14H2. The molecule has 3 aliphatic rings. The van der Waals surface area contributed by atoms with Crippen LogP contribution in [-0.2, 0) is 28.9 Å². The van der Waals surface area contributed by atoms with Crippen LogP contribution in [0.3, 0.4) is 0 Å². The van der Waals surface area contributed by atoms with Gasteiger partial charge in [-0.25, -0.2) is 4.98 Å². The summed E-state index contributed by atoms with van der Waals surface area (Å²) in [6.07, 6.45) is 6.79. The van der Waals surface area contributed by atoms with Crippen molar-refractivity contribution in [1.29, 1.82) is 0 Å². The van der Waals surface area contributed by atoms with Crippen molar-refractivity contribution in [1.82, 2.24) is 14.5 Å². The van der Waals surface area contributed by atoms with Crippen LogP contribution in [0.5, 0.6) is 0 Å². The number of ether oxygens (including phenoxy) is 2. The van der Waals surface area contributed by atoms with Crippen molar-refractivity contribution in [2.75, 3.05) is 45.2 Å². The van der Waals surface area contributed by atoms with E-state index in [4.69, 9.17) is 14.5 Å². The molecule has 0 spiro atoms. The van der Waals surface area contributed by atoms with Gasteiger partial charge in [-0.05, 0) is 44.1 Å². The summed E-state index contributed by atoms with van der Waals surface area (Å²) in [7, 11) is 0. The van der Waals surface area contributed by atoms with Crippen molar-refractivity contribution < 1.29 is 9.47 Å². The van der Waals surface area contributed by atoms with E-state index < -0.39 is 0 Å². The van der Waals surface area contributed by atoms with Gasteiger partial charge < -0.3 is 9.47 Å². The molecule has 0 aromatic carbocycles. The minimum atomic E-state index is 0.139. The number of morpholine rings is 1. The van der Waals surface area contributed by atoms with Crippen molar-refractivity contribution in [3.63, 3.8) is 0 Å². The number of rotatable bonds is 6. The van der Waals surface area contributed by atoms with E-state index in [-0.39, 0.29) is 11.7 Å². The lowest BCUT2D eigenvalue weighted by Crippen LogP contribution is -2.37. The molecule has 0 bridgehead atoms. The van der Waals surface area contributed by atoms with Gasteiger partial charge in [-0.2, -0.15) is 0 Å². The van der Waals surface area contributed by atoms with E-state index in [1.54, 1.807) is 23.1 Å². The molecular weight excluding hydrogens is 406 g/mol. The topological polar surface area (TPSA) is 56.6 Å². The molecule has 2 saturated heterocycles. The molecule has 0 radical (unpaired) electrons. The average molecular weight is 436 g/mol. The predicted molar refractivity (Wildman–Crippen MR) is 117 cm³/mol. The van der Waals surface area contributed by atoms with E-state index in [1.807, 2.05) is 4.57 Å². The monoisotopic (exact) mass is 435 g/mol. The first-order valence-corrected chi connectivity index (χ1v) is 12.7. The van der Waals surface area contributed by atoms with Crippen LogP contribution >= 0.6 is 23.1 Å². The Kier molecular flexibility index (Phi) is 6.25. The number of hydrogen-bond acceptors (Lipinski definition) is 7. The number of aromatic nitrogens is 2. The number of nitrogens with zero attached hydrogens (tertiary/aromatic N) is 3. The van der Waals surface area contributed by atoms with Crippen LogP contribution in [0.1, 0.15) is 36.1 Å². The summed E-state index contributed by atoms with van der Waals surface area (Å²) in [5.74, 6) is 0.939. The molecule has 1 aliphatic carbocycles. The lowest BCUT2D eigenvalue weighted by atomic mass is 9.97. The van der Waals surface area contributed by atoms with Gasteiger partial charge in [0.25, 0.3) is 5.56 Å². The predicted octanol–water partition coefficient (Wildman–Crippen LogP) is 2.94. The van der Waals surface area contributed by atoms with Gasteiger partial charge in [0.1, 0.15) is 4.83 Å². The Balaban J connectivity index is 1.44. The number of hydrogen-bond donors (Lipinski definition) is 0. The van der Waals surface area contributed by atoms with E-state index in [9.17, 15) is 4.79 Å². The van der Waals surface area contributed by atoms with E-state index in [1.165, 1.54) is 23.3 Å². The first-order chi connectivity index (χ1) is 14.3. The molecule has 2 aliphatic heterocycles. The molecule has 158 valence electrons. The van der Waals surface area contributed by atoms with E-state index in [2.05, 4.69) is 4.90 Å². The molecule has 0 N–H and O–H groups in total. The maximum atomic E-state index is 13.6.